The van der Waals surface area contributed by atoms with E-state index < -0.39 is 0 Å². The quantitative estimate of drug-likeness (QED) is 0.759. The maximum atomic E-state index is 12.9. The van der Waals surface area contributed by atoms with E-state index in [1.165, 1.54) is 24.3 Å². The third kappa shape index (κ3) is 3.34. The first-order valence-electron chi connectivity index (χ1n) is 7.35. The van der Waals surface area contributed by atoms with Crippen molar-refractivity contribution in [3.05, 3.63) is 65.6 Å². The SMILES string of the molecule is COc1ccc2[nH]cc(CCNC(=O)c3ccc(F)cc3)c2c1. The third-order valence-corrected chi connectivity index (χ3v) is 3.76. The van der Waals surface area contributed by atoms with Crippen LogP contribution in [-0.2, 0) is 6.42 Å². The fourth-order valence-corrected chi connectivity index (χ4v) is 2.51. The van der Waals surface area contributed by atoms with Crippen LogP contribution < -0.4 is 10.1 Å². The monoisotopic (exact) mass is 312 g/mol. The second-order valence-electron chi connectivity index (χ2n) is 5.24. The van der Waals surface area contributed by atoms with Gasteiger partial charge in [0, 0.05) is 29.2 Å². The summed E-state index contributed by atoms with van der Waals surface area (Å²) in [6, 6.07) is 11.3. The van der Waals surface area contributed by atoms with Crippen molar-refractivity contribution >= 4 is 16.8 Å². The molecule has 0 atom stereocenters. The van der Waals surface area contributed by atoms with Crippen molar-refractivity contribution < 1.29 is 13.9 Å². The zero-order valence-corrected chi connectivity index (χ0v) is 12.7. The highest BCUT2D eigenvalue weighted by Gasteiger charge is 2.08. The van der Waals surface area contributed by atoms with Crippen LogP contribution in [0.5, 0.6) is 5.75 Å². The van der Waals surface area contributed by atoms with Crippen LogP contribution in [0.1, 0.15) is 15.9 Å². The molecule has 0 radical (unpaired) electrons. The highest BCUT2D eigenvalue weighted by molar-refractivity contribution is 5.94. The number of aromatic amines is 1. The molecule has 0 aliphatic carbocycles. The van der Waals surface area contributed by atoms with Crippen molar-refractivity contribution in [3.63, 3.8) is 0 Å². The molecule has 0 unspecified atom stereocenters. The molecule has 1 aromatic heterocycles. The zero-order chi connectivity index (χ0) is 16.2. The van der Waals surface area contributed by atoms with Gasteiger partial charge in [-0.05, 0) is 54.4 Å². The average molecular weight is 312 g/mol. The van der Waals surface area contributed by atoms with Gasteiger partial charge in [0.2, 0.25) is 0 Å². The first kappa shape index (κ1) is 15.1. The van der Waals surface area contributed by atoms with E-state index in [2.05, 4.69) is 10.3 Å². The lowest BCUT2D eigenvalue weighted by atomic mass is 10.1. The molecule has 3 rings (SSSR count). The molecular formula is C18H17FN2O2. The molecule has 0 fully saturated rings. The van der Waals surface area contributed by atoms with Gasteiger partial charge in [-0.25, -0.2) is 4.39 Å². The number of halogens is 1. The minimum Gasteiger partial charge on any atom is -0.497 e. The highest BCUT2D eigenvalue weighted by atomic mass is 19.1. The number of methoxy groups -OCH3 is 1. The Kier molecular flexibility index (Phi) is 4.28. The van der Waals surface area contributed by atoms with Gasteiger partial charge in [-0.1, -0.05) is 0 Å². The Hall–Kier alpha value is -2.82. The van der Waals surface area contributed by atoms with Gasteiger partial charge in [0.25, 0.3) is 5.91 Å². The van der Waals surface area contributed by atoms with Crippen molar-refractivity contribution in [2.24, 2.45) is 0 Å². The fraction of sp³-hybridized carbons (Fsp3) is 0.167. The van der Waals surface area contributed by atoms with Crippen LogP contribution in [-0.4, -0.2) is 24.5 Å². The van der Waals surface area contributed by atoms with E-state index in [9.17, 15) is 9.18 Å². The maximum Gasteiger partial charge on any atom is 0.251 e. The van der Waals surface area contributed by atoms with Gasteiger partial charge in [0.15, 0.2) is 0 Å². The van der Waals surface area contributed by atoms with Crippen molar-refractivity contribution in [3.8, 4) is 5.75 Å². The van der Waals surface area contributed by atoms with Crippen molar-refractivity contribution in [2.75, 3.05) is 13.7 Å². The minimum absolute atomic E-state index is 0.206. The van der Waals surface area contributed by atoms with Gasteiger partial charge in [-0.15, -0.1) is 0 Å². The summed E-state index contributed by atoms with van der Waals surface area (Å²) >= 11 is 0. The lowest BCUT2D eigenvalue weighted by molar-refractivity contribution is 0.0954. The van der Waals surface area contributed by atoms with Crippen molar-refractivity contribution in [1.29, 1.82) is 0 Å². The number of nitrogens with one attached hydrogen (secondary N) is 2. The maximum absolute atomic E-state index is 12.9. The second-order valence-corrected chi connectivity index (χ2v) is 5.24. The molecule has 0 saturated heterocycles. The number of carbonyl (C=O) groups is 1. The van der Waals surface area contributed by atoms with E-state index in [1.54, 1.807) is 7.11 Å². The van der Waals surface area contributed by atoms with Crippen LogP contribution in [0.15, 0.2) is 48.7 Å². The number of fused-ring (bicyclic) bond motifs is 1. The summed E-state index contributed by atoms with van der Waals surface area (Å²) in [5, 5.41) is 3.93. The van der Waals surface area contributed by atoms with Crippen LogP contribution in [0.25, 0.3) is 10.9 Å². The molecule has 23 heavy (non-hydrogen) atoms. The summed E-state index contributed by atoms with van der Waals surface area (Å²) in [4.78, 5) is 15.2. The summed E-state index contributed by atoms with van der Waals surface area (Å²) in [5.41, 5.74) is 2.59. The van der Waals surface area contributed by atoms with Crippen LogP contribution in [0, 0.1) is 5.82 Å². The standard InChI is InChI=1S/C18H17FN2O2/c1-23-15-6-7-17-16(10-15)13(11-21-17)8-9-20-18(22)12-2-4-14(19)5-3-12/h2-7,10-11,21H,8-9H2,1H3,(H,20,22). The molecule has 5 heteroatoms. The molecular weight excluding hydrogens is 295 g/mol. The number of ether oxygens (including phenoxy) is 1. The van der Waals surface area contributed by atoms with Gasteiger partial charge in [-0.3, -0.25) is 4.79 Å². The lowest BCUT2D eigenvalue weighted by Crippen LogP contribution is -2.25. The molecule has 0 aliphatic rings. The van der Waals surface area contributed by atoms with Crippen molar-refractivity contribution in [2.45, 2.75) is 6.42 Å². The fourth-order valence-electron chi connectivity index (χ4n) is 2.51. The zero-order valence-electron chi connectivity index (χ0n) is 12.7. The first-order valence-corrected chi connectivity index (χ1v) is 7.35. The molecule has 3 aromatic rings. The molecule has 1 amide bonds. The summed E-state index contributed by atoms with van der Waals surface area (Å²) in [7, 11) is 1.64. The number of amides is 1. The van der Waals surface area contributed by atoms with Crippen LogP contribution in [0.4, 0.5) is 4.39 Å². The molecule has 2 aromatic carbocycles. The van der Waals surface area contributed by atoms with E-state index in [0.29, 0.717) is 18.5 Å². The van der Waals surface area contributed by atoms with Crippen LogP contribution >= 0.6 is 0 Å². The normalized spacial score (nSPS) is 10.7. The number of aromatic nitrogens is 1. The van der Waals surface area contributed by atoms with Gasteiger partial charge in [0.1, 0.15) is 11.6 Å². The number of H-pyrrole nitrogens is 1. The molecule has 0 spiro atoms. The van der Waals surface area contributed by atoms with Gasteiger partial charge in [-0.2, -0.15) is 0 Å². The minimum atomic E-state index is -0.353. The second kappa shape index (κ2) is 6.52. The molecule has 4 nitrogen and oxygen atoms in total. The Morgan fingerprint density at radius 3 is 2.74 bits per heavy atom. The smallest absolute Gasteiger partial charge is 0.251 e. The molecule has 118 valence electrons. The summed E-state index contributed by atoms with van der Waals surface area (Å²) < 4.78 is 18.1. The Balaban J connectivity index is 1.64. The third-order valence-electron chi connectivity index (χ3n) is 3.76. The van der Waals surface area contributed by atoms with E-state index in [0.717, 1.165) is 22.2 Å². The lowest BCUT2D eigenvalue weighted by Gasteiger charge is -2.05. The number of benzene rings is 2. The number of hydrogen-bond acceptors (Lipinski definition) is 2. The van der Waals surface area contributed by atoms with Crippen LogP contribution in [0.3, 0.4) is 0 Å². The Labute approximate surface area is 133 Å². The van der Waals surface area contributed by atoms with Gasteiger partial charge >= 0.3 is 0 Å². The van der Waals surface area contributed by atoms with Crippen LogP contribution in [0.2, 0.25) is 0 Å². The van der Waals surface area contributed by atoms with Gasteiger partial charge < -0.3 is 15.0 Å². The first-order chi connectivity index (χ1) is 11.2. The Bertz CT molecular complexity index is 825. The predicted molar refractivity (Wildman–Crippen MR) is 87.3 cm³/mol. The van der Waals surface area contributed by atoms with E-state index >= 15 is 0 Å². The predicted octanol–water partition coefficient (Wildman–Crippen LogP) is 3.29. The Morgan fingerprint density at radius 1 is 1.22 bits per heavy atom. The average Bonchev–Trinajstić information content (AvgIpc) is 2.97. The van der Waals surface area contributed by atoms with Crippen molar-refractivity contribution in [1.82, 2.24) is 10.3 Å². The number of carbonyl (C=O) groups excluding carboxylic acids is 1. The summed E-state index contributed by atoms with van der Waals surface area (Å²) in [6.07, 6.45) is 2.63. The Morgan fingerprint density at radius 2 is 2.00 bits per heavy atom. The molecule has 0 saturated carbocycles. The summed E-state index contributed by atoms with van der Waals surface area (Å²) in [6.45, 7) is 0.500. The van der Waals surface area contributed by atoms with E-state index in [4.69, 9.17) is 4.74 Å². The number of rotatable bonds is 5. The number of hydrogen-bond donors (Lipinski definition) is 2. The topological polar surface area (TPSA) is 54.1 Å². The molecule has 2 N–H and O–H groups in total. The van der Waals surface area contributed by atoms with E-state index in [1.807, 2.05) is 24.4 Å². The summed E-state index contributed by atoms with van der Waals surface area (Å²) in [5.74, 6) is 0.241. The molecule has 1 heterocycles. The van der Waals surface area contributed by atoms with Gasteiger partial charge in [0.05, 0.1) is 7.11 Å². The van der Waals surface area contributed by atoms with E-state index in [-0.39, 0.29) is 11.7 Å². The molecule has 0 bridgehead atoms. The highest BCUT2D eigenvalue weighted by Crippen LogP contribution is 2.23. The largest absolute Gasteiger partial charge is 0.497 e. The molecule has 0 aliphatic heterocycles.